The number of anilines is 1. The molecule has 1 heterocycles. The molecule has 1 saturated carbocycles. The van der Waals surface area contributed by atoms with Crippen LogP contribution in [0, 0.1) is 16.0 Å². The molecular formula is C23H29N3O4. The number of nitro benzene ring substituents is 1. The fourth-order valence-electron chi connectivity index (χ4n) is 4.21. The van der Waals surface area contributed by atoms with E-state index in [2.05, 4.69) is 23.7 Å². The van der Waals surface area contributed by atoms with Crippen LogP contribution >= 0.6 is 0 Å². The van der Waals surface area contributed by atoms with Crippen LogP contribution in [0.25, 0.3) is 11.1 Å². The maximum Gasteiger partial charge on any atom is 0.357 e. The molecule has 2 aromatic rings. The summed E-state index contributed by atoms with van der Waals surface area (Å²) in [7, 11) is 1.29. The van der Waals surface area contributed by atoms with E-state index in [1.54, 1.807) is 18.2 Å². The third kappa shape index (κ3) is 4.78. The lowest BCUT2D eigenvalue weighted by Gasteiger charge is -2.37. The molecule has 30 heavy (non-hydrogen) atoms. The van der Waals surface area contributed by atoms with Crippen LogP contribution in [0.1, 0.15) is 56.4 Å². The lowest BCUT2D eigenvalue weighted by molar-refractivity contribution is -0.384. The van der Waals surface area contributed by atoms with Crippen LogP contribution in [0.4, 0.5) is 11.4 Å². The van der Waals surface area contributed by atoms with E-state index in [0.717, 1.165) is 32.2 Å². The lowest BCUT2D eigenvalue weighted by Crippen LogP contribution is -2.39. The van der Waals surface area contributed by atoms with Crippen molar-refractivity contribution < 1.29 is 14.5 Å². The minimum atomic E-state index is -0.569. The Labute approximate surface area is 177 Å². The number of methoxy groups -OCH3 is 1. The highest BCUT2D eigenvalue weighted by Crippen LogP contribution is 2.37. The summed E-state index contributed by atoms with van der Waals surface area (Å²) in [4.78, 5) is 30.1. The first-order valence-electron chi connectivity index (χ1n) is 10.5. The van der Waals surface area contributed by atoms with Gasteiger partial charge in [0.15, 0.2) is 5.69 Å². The van der Waals surface area contributed by atoms with Gasteiger partial charge < -0.3 is 9.64 Å². The minimum Gasteiger partial charge on any atom is -0.464 e. The molecule has 1 aromatic carbocycles. The Hall–Kier alpha value is -2.96. The van der Waals surface area contributed by atoms with Crippen molar-refractivity contribution >= 4 is 17.3 Å². The van der Waals surface area contributed by atoms with Gasteiger partial charge in [0.1, 0.15) is 5.69 Å². The SMILES string of the molecule is COC(=O)c1ncccc1-c1ccc(N(CC(C)C)C2CCCCC2)c([N+](=O)[O-])c1. The van der Waals surface area contributed by atoms with Crippen molar-refractivity contribution in [2.75, 3.05) is 18.6 Å². The molecule has 0 bridgehead atoms. The summed E-state index contributed by atoms with van der Waals surface area (Å²) in [5.41, 5.74) is 1.94. The maximum atomic E-state index is 12.1. The number of esters is 1. The zero-order valence-electron chi connectivity index (χ0n) is 17.8. The number of hydrogen-bond donors (Lipinski definition) is 0. The molecule has 0 amide bonds. The second kappa shape index (κ2) is 9.69. The van der Waals surface area contributed by atoms with E-state index < -0.39 is 5.97 Å². The Balaban J connectivity index is 2.07. The summed E-state index contributed by atoms with van der Waals surface area (Å²) >= 11 is 0. The highest BCUT2D eigenvalue weighted by atomic mass is 16.6. The fourth-order valence-corrected chi connectivity index (χ4v) is 4.21. The molecule has 7 nitrogen and oxygen atoms in total. The maximum absolute atomic E-state index is 12.1. The van der Waals surface area contributed by atoms with Crippen LogP contribution in [0.5, 0.6) is 0 Å². The Morgan fingerprint density at radius 3 is 2.63 bits per heavy atom. The second-order valence-corrected chi connectivity index (χ2v) is 8.19. The van der Waals surface area contributed by atoms with Crippen LogP contribution in [0.2, 0.25) is 0 Å². The molecule has 0 spiro atoms. The number of nitrogens with zero attached hydrogens (tertiary/aromatic N) is 3. The number of benzene rings is 1. The number of nitro groups is 1. The summed E-state index contributed by atoms with van der Waals surface area (Å²) in [5.74, 6) is -0.184. The van der Waals surface area contributed by atoms with Crippen LogP contribution in [-0.2, 0) is 4.74 Å². The van der Waals surface area contributed by atoms with Crippen LogP contribution in [0.15, 0.2) is 36.5 Å². The number of hydrogen-bond acceptors (Lipinski definition) is 6. The Bertz CT molecular complexity index is 907. The quantitative estimate of drug-likeness (QED) is 0.352. The zero-order chi connectivity index (χ0) is 21.7. The Kier molecular flexibility index (Phi) is 7.03. The monoisotopic (exact) mass is 411 g/mol. The predicted molar refractivity (Wildman–Crippen MR) is 117 cm³/mol. The van der Waals surface area contributed by atoms with Crippen molar-refractivity contribution in [3.63, 3.8) is 0 Å². The van der Waals surface area contributed by atoms with Gasteiger partial charge >= 0.3 is 5.97 Å². The summed E-state index contributed by atoms with van der Waals surface area (Å²) in [6.07, 6.45) is 7.16. The summed E-state index contributed by atoms with van der Waals surface area (Å²) in [6, 6.07) is 8.95. The molecule has 3 rings (SSSR count). The van der Waals surface area contributed by atoms with Crippen molar-refractivity contribution in [3.8, 4) is 11.1 Å². The summed E-state index contributed by atoms with van der Waals surface area (Å²) < 4.78 is 4.82. The average molecular weight is 412 g/mol. The van der Waals surface area contributed by atoms with Gasteiger partial charge in [-0.25, -0.2) is 9.78 Å². The molecule has 0 N–H and O–H groups in total. The van der Waals surface area contributed by atoms with E-state index >= 15 is 0 Å². The van der Waals surface area contributed by atoms with Crippen molar-refractivity contribution in [2.45, 2.75) is 52.0 Å². The molecule has 1 fully saturated rings. The number of aromatic nitrogens is 1. The standard InChI is InChI=1S/C23H29N3O4/c1-16(2)15-25(18-8-5-4-6-9-18)20-12-11-17(14-21(20)26(28)29)19-10-7-13-24-22(19)23(27)30-3/h7,10-14,16,18H,4-6,8-9,15H2,1-3H3. The van der Waals surface area contributed by atoms with E-state index in [4.69, 9.17) is 4.74 Å². The van der Waals surface area contributed by atoms with Crippen molar-refractivity contribution in [3.05, 3.63) is 52.3 Å². The topological polar surface area (TPSA) is 85.6 Å². The molecule has 1 aliphatic carbocycles. The normalized spacial score (nSPS) is 14.5. The average Bonchev–Trinajstić information content (AvgIpc) is 2.77. The van der Waals surface area contributed by atoms with Crippen LogP contribution in [0.3, 0.4) is 0 Å². The molecule has 0 atom stereocenters. The van der Waals surface area contributed by atoms with Gasteiger partial charge in [0.25, 0.3) is 5.69 Å². The minimum absolute atomic E-state index is 0.0541. The van der Waals surface area contributed by atoms with Crippen molar-refractivity contribution in [1.29, 1.82) is 0 Å². The largest absolute Gasteiger partial charge is 0.464 e. The van der Waals surface area contributed by atoms with Gasteiger partial charge in [0.05, 0.1) is 12.0 Å². The highest BCUT2D eigenvalue weighted by molar-refractivity contribution is 5.95. The molecule has 1 aliphatic rings. The van der Waals surface area contributed by atoms with E-state index in [1.165, 1.54) is 19.7 Å². The third-order valence-electron chi connectivity index (χ3n) is 5.56. The smallest absolute Gasteiger partial charge is 0.357 e. The van der Waals surface area contributed by atoms with E-state index in [0.29, 0.717) is 28.8 Å². The van der Waals surface area contributed by atoms with Crippen molar-refractivity contribution in [1.82, 2.24) is 4.98 Å². The lowest BCUT2D eigenvalue weighted by atomic mass is 9.92. The molecular weight excluding hydrogens is 382 g/mol. The fraction of sp³-hybridized carbons (Fsp3) is 0.478. The molecule has 0 saturated heterocycles. The molecule has 160 valence electrons. The van der Waals surface area contributed by atoms with Gasteiger partial charge in [-0.15, -0.1) is 0 Å². The summed E-state index contributed by atoms with van der Waals surface area (Å²) in [6.45, 7) is 5.04. The second-order valence-electron chi connectivity index (χ2n) is 8.19. The number of pyridine rings is 1. The first kappa shape index (κ1) is 21.7. The van der Waals surface area contributed by atoms with E-state index in [1.807, 2.05) is 12.1 Å². The van der Waals surface area contributed by atoms with Gasteiger partial charge in [0, 0.05) is 30.4 Å². The third-order valence-corrected chi connectivity index (χ3v) is 5.56. The van der Waals surface area contributed by atoms with Crippen molar-refractivity contribution in [2.24, 2.45) is 5.92 Å². The van der Waals surface area contributed by atoms with Gasteiger partial charge in [-0.1, -0.05) is 45.2 Å². The van der Waals surface area contributed by atoms with Gasteiger partial charge in [0.2, 0.25) is 0 Å². The number of ether oxygens (including phenoxy) is 1. The van der Waals surface area contributed by atoms with E-state index in [-0.39, 0.29) is 16.3 Å². The summed E-state index contributed by atoms with van der Waals surface area (Å²) in [5, 5.41) is 12.0. The highest BCUT2D eigenvalue weighted by Gasteiger charge is 2.28. The van der Waals surface area contributed by atoms with Crippen LogP contribution < -0.4 is 4.90 Å². The number of carbonyl (C=O) groups excluding carboxylic acids is 1. The van der Waals surface area contributed by atoms with Crippen LogP contribution in [-0.4, -0.2) is 35.6 Å². The van der Waals surface area contributed by atoms with E-state index in [9.17, 15) is 14.9 Å². The number of carbonyl (C=O) groups is 1. The molecule has 1 aromatic heterocycles. The first-order chi connectivity index (χ1) is 14.4. The number of rotatable bonds is 7. The molecule has 0 aliphatic heterocycles. The Morgan fingerprint density at radius 1 is 1.27 bits per heavy atom. The zero-order valence-corrected chi connectivity index (χ0v) is 17.8. The molecule has 0 radical (unpaired) electrons. The molecule has 7 heteroatoms. The first-order valence-corrected chi connectivity index (χ1v) is 10.5. The Morgan fingerprint density at radius 2 is 2.00 bits per heavy atom. The molecule has 0 unspecified atom stereocenters. The van der Waals surface area contributed by atoms with Gasteiger partial charge in [-0.3, -0.25) is 10.1 Å². The predicted octanol–water partition coefficient (Wildman–Crippen LogP) is 5.24. The van der Waals surface area contributed by atoms with Gasteiger partial charge in [-0.2, -0.15) is 0 Å². The van der Waals surface area contributed by atoms with Gasteiger partial charge in [-0.05, 0) is 36.5 Å².